The summed E-state index contributed by atoms with van der Waals surface area (Å²) in [6, 6.07) is 10.9. The zero-order valence-electron chi connectivity index (χ0n) is 12.2. The van der Waals surface area contributed by atoms with Gasteiger partial charge in [0.2, 0.25) is 5.91 Å². The van der Waals surface area contributed by atoms with Crippen LogP contribution in [0.2, 0.25) is 0 Å². The molecule has 1 aromatic rings. The molecule has 0 aromatic heterocycles. The molecule has 1 rings (SSSR count). The second kappa shape index (κ2) is 10.00. The van der Waals surface area contributed by atoms with Crippen molar-refractivity contribution in [1.29, 1.82) is 5.26 Å². The molecule has 0 spiro atoms. The summed E-state index contributed by atoms with van der Waals surface area (Å²) in [6.07, 6.45) is 1.63. The third-order valence-electron chi connectivity index (χ3n) is 2.87. The van der Waals surface area contributed by atoms with Crippen molar-refractivity contribution in [2.45, 2.75) is 12.3 Å². The van der Waals surface area contributed by atoms with E-state index in [-0.39, 0.29) is 25.6 Å². The Kier molecular flexibility index (Phi) is 7.83. The van der Waals surface area contributed by atoms with Crippen LogP contribution in [-0.4, -0.2) is 31.7 Å². The number of benzene rings is 1. The largest absolute Gasteiger partial charge is 0.449 e. The summed E-state index contributed by atoms with van der Waals surface area (Å²) in [5.74, 6) is -0.902. The average Bonchev–Trinajstić information content (AvgIpc) is 2.54. The van der Waals surface area contributed by atoms with E-state index in [0.29, 0.717) is 6.42 Å². The lowest BCUT2D eigenvalue weighted by molar-refractivity contribution is -0.122. The zero-order valence-corrected chi connectivity index (χ0v) is 12.2. The molecule has 6 nitrogen and oxygen atoms in total. The molecule has 1 unspecified atom stereocenters. The van der Waals surface area contributed by atoms with E-state index in [9.17, 15) is 9.59 Å². The van der Waals surface area contributed by atoms with E-state index in [2.05, 4.69) is 17.2 Å². The van der Waals surface area contributed by atoms with Crippen LogP contribution in [0.3, 0.4) is 0 Å². The van der Waals surface area contributed by atoms with Crippen LogP contribution in [0.5, 0.6) is 0 Å². The second-order valence-corrected chi connectivity index (χ2v) is 4.43. The molecule has 0 aliphatic rings. The lowest BCUT2D eigenvalue weighted by Crippen LogP contribution is -2.37. The Bertz CT molecular complexity index is 537. The van der Waals surface area contributed by atoms with Crippen molar-refractivity contribution >= 4 is 12.0 Å². The number of amides is 2. The van der Waals surface area contributed by atoms with Crippen LogP contribution in [0.15, 0.2) is 43.0 Å². The van der Waals surface area contributed by atoms with Gasteiger partial charge in [-0.15, -0.1) is 6.58 Å². The summed E-state index contributed by atoms with van der Waals surface area (Å²) in [7, 11) is 0. The van der Waals surface area contributed by atoms with Gasteiger partial charge in [0.1, 0.15) is 6.54 Å². The van der Waals surface area contributed by atoms with Crippen LogP contribution in [0.25, 0.3) is 0 Å². The van der Waals surface area contributed by atoms with Crippen molar-refractivity contribution in [3.63, 3.8) is 0 Å². The van der Waals surface area contributed by atoms with Crippen LogP contribution in [0, 0.1) is 11.3 Å². The van der Waals surface area contributed by atoms with Gasteiger partial charge in [0, 0.05) is 6.54 Å². The van der Waals surface area contributed by atoms with E-state index in [1.165, 1.54) is 0 Å². The lowest BCUT2D eigenvalue weighted by atomic mass is 9.98. The Morgan fingerprint density at radius 2 is 2.05 bits per heavy atom. The van der Waals surface area contributed by atoms with Crippen LogP contribution in [0.4, 0.5) is 4.79 Å². The maximum absolute atomic E-state index is 12.1. The molecule has 0 heterocycles. The molecule has 0 aliphatic heterocycles. The first kappa shape index (κ1) is 17.2. The number of ether oxygens (including phenoxy) is 1. The number of alkyl carbamates (subject to hydrolysis) is 1. The molecule has 0 bridgehead atoms. The molecule has 0 saturated heterocycles. The Morgan fingerprint density at radius 3 is 2.68 bits per heavy atom. The minimum Gasteiger partial charge on any atom is -0.449 e. The predicted octanol–water partition coefficient (Wildman–Crippen LogP) is 1.71. The van der Waals surface area contributed by atoms with E-state index >= 15 is 0 Å². The van der Waals surface area contributed by atoms with Gasteiger partial charge in [-0.25, -0.2) is 4.79 Å². The van der Waals surface area contributed by atoms with Gasteiger partial charge in [-0.2, -0.15) is 5.26 Å². The SMILES string of the molecule is C=CCCOC(=O)NCC(C(=O)NCC#N)c1ccccc1. The summed E-state index contributed by atoms with van der Waals surface area (Å²) in [4.78, 5) is 23.6. The predicted molar refractivity (Wildman–Crippen MR) is 82.0 cm³/mol. The molecule has 1 aromatic carbocycles. The Hall–Kier alpha value is -2.81. The lowest BCUT2D eigenvalue weighted by Gasteiger charge is -2.17. The number of carbonyl (C=O) groups excluding carboxylic acids is 2. The minimum absolute atomic E-state index is 0.0774. The van der Waals surface area contributed by atoms with Gasteiger partial charge in [-0.3, -0.25) is 4.79 Å². The molecule has 0 fully saturated rings. The van der Waals surface area contributed by atoms with Crippen molar-refractivity contribution in [3.05, 3.63) is 48.6 Å². The van der Waals surface area contributed by atoms with Crippen molar-refractivity contribution in [2.75, 3.05) is 19.7 Å². The first-order valence-electron chi connectivity index (χ1n) is 6.90. The first-order valence-corrected chi connectivity index (χ1v) is 6.90. The summed E-state index contributed by atoms with van der Waals surface area (Å²) >= 11 is 0. The molecule has 22 heavy (non-hydrogen) atoms. The topological polar surface area (TPSA) is 91.2 Å². The third-order valence-corrected chi connectivity index (χ3v) is 2.87. The summed E-state index contributed by atoms with van der Waals surface area (Å²) in [5, 5.41) is 13.6. The highest BCUT2D eigenvalue weighted by Gasteiger charge is 2.21. The third kappa shape index (κ3) is 6.09. The monoisotopic (exact) mass is 301 g/mol. The van der Waals surface area contributed by atoms with Gasteiger partial charge in [0.15, 0.2) is 0 Å². The molecule has 1 atom stereocenters. The number of nitriles is 1. The fourth-order valence-corrected chi connectivity index (χ4v) is 1.77. The van der Waals surface area contributed by atoms with Crippen LogP contribution < -0.4 is 10.6 Å². The van der Waals surface area contributed by atoms with Gasteiger partial charge in [-0.05, 0) is 12.0 Å². The minimum atomic E-state index is -0.587. The Labute approximate surface area is 129 Å². The first-order chi connectivity index (χ1) is 10.7. The Morgan fingerprint density at radius 1 is 1.32 bits per heavy atom. The standard InChI is InChI=1S/C16H19N3O3/c1-2-3-11-22-16(21)19-12-14(15(20)18-10-9-17)13-7-5-4-6-8-13/h2,4-8,14H,1,3,10-12H2,(H,18,20)(H,19,21). The highest BCUT2D eigenvalue weighted by Crippen LogP contribution is 2.14. The Balaban J connectivity index is 2.63. The molecule has 0 saturated carbocycles. The number of nitrogens with one attached hydrogen (secondary N) is 2. The summed E-state index contributed by atoms with van der Waals surface area (Å²) in [5.41, 5.74) is 0.754. The fraction of sp³-hybridized carbons (Fsp3) is 0.312. The van der Waals surface area contributed by atoms with E-state index < -0.39 is 12.0 Å². The van der Waals surface area contributed by atoms with E-state index in [4.69, 9.17) is 10.00 Å². The fourth-order valence-electron chi connectivity index (χ4n) is 1.77. The quantitative estimate of drug-likeness (QED) is 0.434. The van der Waals surface area contributed by atoms with Crippen molar-refractivity contribution in [1.82, 2.24) is 10.6 Å². The number of carbonyl (C=O) groups is 2. The highest BCUT2D eigenvalue weighted by molar-refractivity contribution is 5.84. The number of hydrogen-bond donors (Lipinski definition) is 2. The molecule has 0 aliphatic carbocycles. The normalized spacial score (nSPS) is 10.9. The number of nitrogens with zero attached hydrogens (tertiary/aromatic N) is 1. The van der Waals surface area contributed by atoms with Gasteiger partial charge >= 0.3 is 6.09 Å². The maximum Gasteiger partial charge on any atom is 0.407 e. The summed E-state index contributed by atoms with van der Waals surface area (Å²) < 4.78 is 4.92. The summed E-state index contributed by atoms with van der Waals surface area (Å²) in [6.45, 7) is 3.79. The molecule has 0 radical (unpaired) electrons. The molecule has 2 amide bonds. The van der Waals surface area contributed by atoms with Crippen LogP contribution in [-0.2, 0) is 9.53 Å². The van der Waals surface area contributed by atoms with E-state index in [1.807, 2.05) is 24.3 Å². The highest BCUT2D eigenvalue weighted by atomic mass is 16.5. The van der Waals surface area contributed by atoms with Gasteiger partial charge in [0.25, 0.3) is 0 Å². The van der Waals surface area contributed by atoms with Crippen LogP contribution in [0.1, 0.15) is 17.9 Å². The molecule has 6 heteroatoms. The van der Waals surface area contributed by atoms with E-state index in [0.717, 1.165) is 5.56 Å². The van der Waals surface area contributed by atoms with Gasteiger partial charge in [0.05, 0.1) is 18.6 Å². The number of hydrogen-bond acceptors (Lipinski definition) is 4. The van der Waals surface area contributed by atoms with Crippen molar-refractivity contribution < 1.29 is 14.3 Å². The zero-order chi connectivity index (χ0) is 16.2. The van der Waals surface area contributed by atoms with Crippen LogP contribution >= 0.6 is 0 Å². The molecule has 116 valence electrons. The van der Waals surface area contributed by atoms with Crippen molar-refractivity contribution in [2.24, 2.45) is 0 Å². The van der Waals surface area contributed by atoms with Gasteiger partial charge in [-0.1, -0.05) is 36.4 Å². The van der Waals surface area contributed by atoms with Gasteiger partial charge < -0.3 is 15.4 Å². The number of rotatable bonds is 8. The molecular formula is C16H19N3O3. The second-order valence-electron chi connectivity index (χ2n) is 4.43. The van der Waals surface area contributed by atoms with Crippen molar-refractivity contribution in [3.8, 4) is 6.07 Å². The molecular weight excluding hydrogens is 282 g/mol. The smallest absolute Gasteiger partial charge is 0.407 e. The molecule has 2 N–H and O–H groups in total. The maximum atomic E-state index is 12.1. The average molecular weight is 301 g/mol. The van der Waals surface area contributed by atoms with E-state index in [1.54, 1.807) is 18.2 Å².